The fraction of sp³-hybridized carbons (Fsp3) is 0.167. The Morgan fingerprint density at radius 2 is 1.19 bits per heavy atom. The molecule has 0 spiro atoms. The Balaban J connectivity index is 0.000000366. The normalized spacial score (nSPS) is 10.5. The van der Waals surface area contributed by atoms with Crippen LogP contribution in [0.15, 0.2) is 89.1 Å². The lowest BCUT2D eigenvalue weighted by atomic mass is 10.0. The predicted octanol–water partition coefficient (Wildman–Crippen LogP) is 5.36. The van der Waals surface area contributed by atoms with E-state index in [2.05, 4.69) is 103 Å². The van der Waals surface area contributed by atoms with Gasteiger partial charge in [0.15, 0.2) is 0 Å². The van der Waals surface area contributed by atoms with Crippen LogP contribution in [-0.2, 0) is 12.8 Å². The number of hydrogen-bond donors (Lipinski definition) is 2. The quantitative estimate of drug-likeness (QED) is 0.415. The average molecular weight is 436 g/mol. The van der Waals surface area contributed by atoms with Gasteiger partial charge in [0.05, 0.1) is 0 Å². The molecule has 0 saturated carbocycles. The van der Waals surface area contributed by atoms with Gasteiger partial charge in [-0.2, -0.15) is 0 Å². The second-order valence-corrected chi connectivity index (χ2v) is 8.58. The molecule has 0 bridgehead atoms. The van der Waals surface area contributed by atoms with Gasteiger partial charge in [0.25, 0.3) is 0 Å². The number of azo groups is 1. The smallest absolute Gasteiger partial charge is 0.450 e. The maximum Gasteiger partial charge on any atom is 0.450 e. The van der Waals surface area contributed by atoms with E-state index in [1.165, 1.54) is 27.0 Å². The maximum atomic E-state index is 9.38. The third-order valence-electron chi connectivity index (χ3n) is 4.47. The molecule has 0 aliphatic carbocycles. The van der Waals surface area contributed by atoms with Gasteiger partial charge in [0.1, 0.15) is 0 Å². The van der Waals surface area contributed by atoms with Crippen molar-refractivity contribution < 1.29 is 19.8 Å². The molecule has 0 aromatic heterocycles. The highest BCUT2D eigenvalue weighted by Crippen LogP contribution is 2.35. The Morgan fingerprint density at radius 3 is 1.58 bits per heavy atom. The summed E-state index contributed by atoms with van der Waals surface area (Å²) in [7, 11) is -0.495. The second-order valence-electron chi connectivity index (χ2n) is 6.39. The Bertz CT molecular complexity index is 969. The van der Waals surface area contributed by atoms with E-state index < -0.39 is 20.1 Å². The van der Waals surface area contributed by atoms with Gasteiger partial charge in [-0.05, 0) is 47.8 Å². The average Bonchev–Trinajstić information content (AvgIpc) is 2.79. The predicted molar refractivity (Wildman–Crippen MR) is 125 cm³/mol. The summed E-state index contributed by atoms with van der Waals surface area (Å²) in [6.07, 6.45) is -1.04. The van der Waals surface area contributed by atoms with Crippen molar-refractivity contribution in [2.75, 3.05) is 0 Å². The Kier molecular flexibility index (Phi) is 9.53. The van der Waals surface area contributed by atoms with Crippen molar-refractivity contribution in [3.63, 3.8) is 0 Å². The fourth-order valence-corrected chi connectivity index (χ4v) is 5.84. The molecule has 0 heterocycles. The first kappa shape index (κ1) is 23.9. The van der Waals surface area contributed by atoms with Crippen molar-refractivity contribution in [1.82, 2.24) is 0 Å². The van der Waals surface area contributed by atoms with E-state index in [4.69, 9.17) is 10.2 Å². The van der Waals surface area contributed by atoms with Gasteiger partial charge in [-0.1, -0.05) is 103 Å². The van der Waals surface area contributed by atoms with Gasteiger partial charge in [-0.15, -0.1) is 0 Å². The van der Waals surface area contributed by atoms with Crippen molar-refractivity contribution in [3.8, 4) is 0 Å². The molecular weight excluding hydrogens is 411 g/mol. The molecule has 0 radical (unpaired) electrons. The van der Waals surface area contributed by atoms with Gasteiger partial charge in [0.2, 0.25) is 0 Å². The van der Waals surface area contributed by atoms with E-state index in [1.54, 1.807) is 0 Å². The molecule has 3 aromatic rings. The van der Waals surface area contributed by atoms with E-state index in [0.29, 0.717) is 0 Å². The number of amides is 2. The molecule has 3 aromatic carbocycles. The van der Waals surface area contributed by atoms with Crippen molar-refractivity contribution in [3.05, 3.63) is 90.0 Å². The molecule has 3 rings (SSSR count). The van der Waals surface area contributed by atoms with Crippen LogP contribution in [0, 0.1) is 0 Å². The van der Waals surface area contributed by atoms with Crippen LogP contribution in [0.3, 0.4) is 0 Å². The number of rotatable bonds is 5. The minimum absolute atomic E-state index is 0.495. The zero-order valence-corrected chi connectivity index (χ0v) is 18.4. The number of benzene rings is 3. The molecule has 7 heteroatoms. The number of aryl methyl sites for hydroxylation is 1. The van der Waals surface area contributed by atoms with Gasteiger partial charge >= 0.3 is 12.2 Å². The first-order chi connectivity index (χ1) is 15.0. The second kappa shape index (κ2) is 12.4. The topological polar surface area (TPSA) is 99.3 Å². The lowest BCUT2D eigenvalue weighted by Crippen LogP contribution is -2.24. The van der Waals surface area contributed by atoms with E-state index in [0.717, 1.165) is 12.8 Å². The molecule has 0 fully saturated rings. The van der Waals surface area contributed by atoms with Crippen LogP contribution < -0.4 is 15.9 Å². The molecule has 31 heavy (non-hydrogen) atoms. The molecule has 2 amide bonds. The summed E-state index contributed by atoms with van der Waals surface area (Å²) in [5.74, 6) is 0. The molecule has 0 unspecified atom stereocenters. The lowest BCUT2D eigenvalue weighted by Gasteiger charge is -2.23. The SMILES string of the molecule is CCc1cccc(P(c2ccccc2)c2ccccc2)c1CC.O=C(O)N=NC(=O)O. The summed E-state index contributed by atoms with van der Waals surface area (Å²) < 4.78 is 0. The molecule has 6 nitrogen and oxygen atoms in total. The van der Waals surface area contributed by atoms with Crippen LogP contribution in [0.4, 0.5) is 9.59 Å². The Labute approximate surface area is 183 Å². The van der Waals surface area contributed by atoms with Crippen LogP contribution in [0.2, 0.25) is 0 Å². The van der Waals surface area contributed by atoms with Gasteiger partial charge < -0.3 is 10.2 Å². The highest BCUT2D eigenvalue weighted by molar-refractivity contribution is 7.79. The number of carboxylic acid groups (broad SMARTS) is 2. The van der Waals surface area contributed by atoms with Crippen molar-refractivity contribution in [2.45, 2.75) is 26.7 Å². The van der Waals surface area contributed by atoms with Crippen LogP contribution >= 0.6 is 7.92 Å². The Hall–Kier alpha value is -3.37. The highest BCUT2D eigenvalue weighted by atomic mass is 31.1. The maximum absolute atomic E-state index is 9.38. The summed E-state index contributed by atoms with van der Waals surface area (Å²) in [6, 6.07) is 28.8. The highest BCUT2D eigenvalue weighted by Gasteiger charge is 2.19. The van der Waals surface area contributed by atoms with Gasteiger partial charge in [-0.3, -0.25) is 0 Å². The van der Waals surface area contributed by atoms with E-state index >= 15 is 0 Å². The third kappa shape index (κ3) is 7.12. The summed E-state index contributed by atoms with van der Waals surface area (Å²) in [5.41, 5.74) is 3.03. The molecule has 0 saturated heterocycles. The van der Waals surface area contributed by atoms with E-state index in [-0.39, 0.29) is 0 Å². The molecule has 0 aliphatic heterocycles. The van der Waals surface area contributed by atoms with E-state index in [1.807, 2.05) is 0 Å². The van der Waals surface area contributed by atoms with Crippen LogP contribution in [-0.4, -0.2) is 22.4 Å². The number of nitrogens with zero attached hydrogens (tertiary/aromatic N) is 2. The van der Waals surface area contributed by atoms with Crippen LogP contribution in [0.1, 0.15) is 25.0 Å². The number of carbonyl (C=O) groups is 2. The van der Waals surface area contributed by atoms with Gasteiger partial charge in [0, 0.05) is 0 Å². The van der Waals surface area contributed by atoms with E-state index in [9.17, 15) is 9.59 Å². The van der Waals surface area contributed by atoms with Crippen molar-refractivity contribution in [2.24, 2.45) is 10.2 Å². The van der Waals surface area contributed by atoms with Gasteiger partial charge in [-0.25, -0.2) is 9.59 Å². The summed E-state index contributed by atoms with van der Waals surface area (Å²) in [4.78, 5) is 18.8. The van der Waals surface area contributed by atoms with Crippen molar-refractivity contribution >= 4 is 36.0 Å². The van der Waals surface area contributed by atoms with Crippen molar-refractivity contribution in [1.29, 1.82) is 0 Å². The minimum atomic E-state index is -1.62. The van der Waals surface area contributed by atoms with Crippen LogP contribution in [0.25, 0.3) is 0 Å². The summed E-state index contributed by atoms with van der Waals surface area (Å²) >= 11 is 0. The summed E-state index contributed by atoms with van der Waals surface area (Å²) in [6.45, 7) is 4.53. The first-order valence-corrected chi connectivity index (χ1v) is 11.2. The third-order valence-corrected chi connectivity index (χ3v) is 7.00. The first-order valence-electron chi connectivity index (χ1n) is 9.86. The van der Waals surface area contributed by atoms with Crippen LogP contribution in [0.5, 0.6) is 0 Å². The fourth-order valence-electron chi connectivity index (χ4n) is 3.24. The standard InChI is InChI=1S/C22H23P.C2H2N2O4/c1-3-18-12-11-17-22(21(18)4-2)23(19-13-7-5-8-14-19)20-15-9-6-10-16-20;5-1(6)3-4-2(7)8/h5-17H,3-4H2,1-2H3;(H,5,6)(H,7,8). The molecule has 2 N–H and O–H groups in total. The monoisotopic (exact) mass is 436 g/mol. The Morgan fingerprint density at radius 1 is 0.710 bits per heavy atom. The zero-order valence-electron chi connectivity index (χ0n) is 17.5. The lowest BCUT2D eigenvalue weighted by molar-refractivity contribution is 0.194. The zero-order chi connectivity index (χ0) is 22.6. The summed E-state index contributed by atoms with van der Waals surface area (Å²) in [5, 5.41) is 24.2. The molecule has 0 atom stereocenters. The molecular formula is C24H25N2O4P. The number of hydrogen-bond acceptors (Lipinski definition) is 2. The minimum Gasteiger partial charge on any atom is -0.462 e. The largest absolute Gasteiger partial charge is 0.462 e. The molecule has 160 valence electrons. The molecule has 0 aliphatic rings.